The van der Waals surface area contributed by atoms with Gasteiger partial charge in [0, 0.05) is 11.3 Å². The quantitative estimate of drug-likeness (QED) is 0.391. The fraction of sp³-hybridized carbons (Fsp3) is 0.833. The molecule has 46 valence electrons. The minimum Gasteiger partial charge on any atom is -0.303 e. The Kier molecular flexibility index (Phi) is 1.90. The number of alkyl halides is 1. The van der Waals surface area contributed by atoms with Crippen LogP contribution in [-0.2, 0) is 4.79 Å². The van der Waals surface area contributed by atoms with Crippen molar-refractivity contribution in [3.8, 4) is 0 Å². The zero-order chi connectivity index (χ0) is 5.98. The Balaban J connectivity index is 2.41. The molecule has 0 saturated heterocycles. The Hall–Kier alpha value is -0.0400. The summed E-state index contributed by atoms with van der Waals surface area (Å²) in [5.74, 6) is 0.150. The molecule has 0 aromatic rings. The van der Waals surface area contributed by atoms with E-state index in [-0.39, 0.29) is 11.3 Å². The monoisotopic (exact) mass is 132 g/mol. The molecule has 1 rings (SSSR count). The van der Waals surface area contributed by atoms with Crippen molar-refractivity contribution in [2.24, 2.45) is 5.92 Å². The number of carbonyl (C=O) groups is 1. The molecule has 1 saturated carbocycles. The van der Waals surface area contributed by atoms with Gasteiger partial charge in [0.2, 0.25) is 0 Å². The van der Waals surface area contributed by atoms with E-state index in [0.717, 1.165) is 25.5 Å². The summed E-state index contributed by atoms with van der Waals surface area (Å²) in [5, 5.41) is 0.132. The number of aldehydes is 1. The number of rotatable bonds is 1. The first-order valence-electron chi connectivity index (χ1n) is 2.94. The highest BCUT2D eigenvalue weighted by molar-refractivity contribution is 6.21. The van der Waals surface area contributed by atoms with Gasteiger partial charge in [0.1, 0.15) is 6.29 Å². The summed E-state index contributed by atoms with van der Waals surface area (Å²) in [6.07, 6.45) is 4.12. The van der Waals surface area contributed by atoms with Gasteiger partial charge in [0.05, 0.1) is 0 Å². The molecule has 0 heterocycles. The number of carbonyl (C=O) groups excluding carboxylic acids is 1. The molecule has 8 heavy (non-hydrogen) atoms. The molecule has 0 amide bonds. The van der Waals surface area contributed by atoms with E-state index in [1.807, 2.05) is 0 Å². The van der Waals surface area contributed by atoms with Crippen LogP contribution in [0.2, 0.25) is 0 Å². The van der Waals surface area contributed by atoms with Gasteiger partial charge >= 0.3 is 0 Å². The minimum atomic E-state index is 0.132. The largest absolute Gasteiger partial charge is 0.303 e. The van der Waals surface area contributed by atoms with Crippen LogP contribution in [0.5, 0.6) is 0 Å². The molecule has 2 heteroatoms. The van der Waals surface area contributed by atoms with Crippen molar-refractivity contribution in [2.75, 3.05) is 0 Å². The summed E-state index contributed by atoms with van der Waals surface area (Å²) in [6.45, 7) is 0. The van der Waals surface area contributed by atoms with Crippen molar-refractivity contribution in [1.29, 1.82) is 0 Å². The predicted molar refractivity (Wildman–Crippen MR) is 33.0 cm³/mol. The molecule has 0 bridgehead atoms. The summed E-state index contributed by atoms with van der Waals surface area (Å²) in [4.78, 5) is 10.1. The van der Waals surface area contributed by atoms with E-state index in [0.29, 0.717) is 0 Å². The van der Waals surface area contributed by atoms with E-state index in [9.17, 15) is 4.79 Å². The third-order valence-corrected chi connectivity index (χ3v) is 2.20. The van der Waals surface area contributed by atoms with Crippen LogP contribution in [-0.4, -0.2) is 11.7 Å². The van der Waals surface area contributed by atoms with E-state index in [1.54, 1.807) is 0 Å². The average molecular weight is 133 g/mol. The zero-order valence-electron chi connectivity index (χ0n) is 4.64. The molecule has 2 unspecified atom stereocenters. The van der Waals surface area contributed by atoms with Crippen LogP contribution < -0.4 is 0 Å². The van der Waals surface area contributed by atoms with Crippen molar-refractivity contribution < 1.29 is 4.79 Å². The Morgan fingerprint density at radius 1 is 1.50 bits per heavy atom. The fourth-order valence-corrected chi connectivity index (χ4v) is 1.44. The highest BCUT2D eigenvalue weighted by Crippen LogP contribution is 2.27. The van der Waals surface area contributed by atoms with Crippen LogP contribution in [0.15, 0.2) is 0 Å². The molecule has 1 aliphatic rings. The highest BCUT2D eigenvalue weighted by Gasteiger charge is 2.23. The van der Waals surface area contributed by atoms with Crippen molar-refractivity contribution in [3.05, 3.63) is 0 Å². The second-order valence-electron chi connectivity index (χ2n) is 2.25. The summed E-state index contributed by atoms with van der Waals surface area (Å²) in [7, 11) is 0. The van der Waals surface area contributed by atoms with E-state index in [1.165, 1.54) is 0 Å². The summed E-state index contributed by atoms with van der Waals surface area (Å²) >= 11 is 5.75. The van der Waals surface area contributed by atoms with Gasteiger partial charge in [0.25, 0.3) is 0 Å². The van der Waals surface area contributed by atoms with Crippen molar-refractivity contribution >= 4 is 17.9 Å². The first-order valence-corrected chi connectivity index (χ1v) is 3.37. The number of hydrogen-bond acceptors (Lipinski definition) is 1. The molecule has 0 aromatic carbocycles. The SMILES string of the molecule is O=CC1CCCC1Cl. The van der Waals surface area contributed by atoms with Gasteiger partial charge in [-0.25, -0.2) is 0 Å². The Bertz CT molecular complexity index is 92.5. The van der Waals surface area contributed by atoms with Crippen LogP contribution in [0.3, 0.4) is 0 Å². The standard InChI is InChI=1S/C6H9ClO/c7-6-3-1-2-5(6)4-8/h4-6H,1-3H2. The summed E-state index contributed by atoms with van der Waals surface area (Å²) in [5.41, 5.74) is 0. The molecule has 1 nitrogen and oxygen atoms in total. The van der Waals surface area contributed by atoms with E-state index >= 15 is 0 Å². The van der Waals surface area contributed by atoms with Crippen LogP contribution in [0.25, 0.3) is 0 Å². The second-order valence-corrected chi connectivity index (χ2v) is 2.81. The molecule has 0 radical (unpaired) electrons. The average Bonchev–Trinajstić information content (AvgIpc) is 2.14. The van der Waals surface area contributed by atoms with E-state index in [2.05, 4.69) is 0 Å². The lowest BCUT2D eigenvalue weighted by Gasteiger charge is -2.01. The van der Waals surface area contributed by atoms with Gasteiger partial charge in [0.15, 0.2) is 0 Å². The van der Waals surface area contributed by atoms with Crippen molar-refractivity contribution in [1.82, 2.24) is 0 Å². The predicted octanol–water partition coefficient (Wildman–Crippen LogP) is 1.59. The highest BCUT2D eigenvalue weighted by atomic mass is 35.5. The molecule has 1 fully saturated rings. The summed E-state index contributed by atoms with van der Waals surface area (Å²) in [6, 6.07) is 0. The number of halogens is 1. The van der Waals surface area contributed by atoms with Gasteiger partial charge in [-0.15, -0.1) is 11.6 Å². The molecule has 2 atom stereocenters. The van der Waals surface area contributed by atoms with Gasteiger partial charge in [-0.2, -0.15) is 0 Å². The lowest BCUT2D eigenvalue weighted by molar-refractivity contribution is -0.110. The second kappa shape index (κ2) is 2.49. The van der Waals surface area contributed by atoms with Crippen LogP contribution in [0.1, 0.15) is 19.3 Å². The van der Waals surface area contributed by atoms with Crippen LogP contribution in [0.4, 0.5) is 0 Å². The van der Waals surface area contributed by atoms with Crippen molar-refractivity contribution in [2.45, 2.75) is 24.6 Å². The van der Waals surface area contributed by atoms with E-state index < -0.39 is 0 Å². The molecule has 0 aliphatic heterocycles. The molecule has 0 spiro atoms. The molecule has 1 aliphatic carbocycles. The maximum absolute atomic E-state index is 10.1. The third kappa shape index (κ3) is 1.03. The maximum Gasteiger partial charge on any atom is 0.124 e. The fourth-order valence-electron chi connectivity index (χ4n) is 1.10. The lowest BCUT2D eigenvalue weighted by atomic mass is 10.1. The Morgan fingerprint density at radius 3 is 2.50 bits per heavy atom. The number of hydrogen-bond donors (Lipinski definition) is 0. The first kappa shape index (κ1) is 6.09. The molecule has 0 aromatic heterocycles. The van der Waals surface area contributed by atoms with Gasteiger partial charge in [-0.05, 0) is 12.8 Å². The molecular weight excluding hydrogens is 124 g/mol. The molecular formula is C6H9ClO. The third-order valence-electron chi connectivity index (χ3n) is 1.66. The van der Waals surface area contributed by atoms with Crippen molar-refractivity contribution in [3.63, 3.8) is 0 Å². The van der Waals surface area contributed by atoms with Crippen LogP contribution >= 0.6 is 11.6 Å². The molecule has 0 N–H and O–H groups in total. The lowest BCUT2D eigenvalue weighted by Crippen LogP contribution is -2.06. The van der Waals surface area contributed by atoms with E-state index in [4.69, 9.17) is 11.6 Å². The normalized spacial score (nSPS) is 37.6. The topological polar surface area (TPSA) is 17.1 Å². The van der Waals surface area contributed by atoms with Crippen LogP contribution in [0, 0.1) is 5.92 Å². The smallest absolute Gasteiger partial charge is 0.124 e. The maximum atomic E-state index is 10.1. The Morgan fingerprint density at radius 2 is 2.25 bits per heavy atom. The van der Waals surface area contributed by atoms with Gasteiger partial charge in [-0.3, -0.25) is 0 Å². The Labute approximate surface area is 54.0 Å². The zero-order valence-corrected chi connectivity index (χ0v) is 5.40. The first-order chi connectivity index (χ1) is 3.84. The van der Waals surface area contributed by atoms with Gasteiger partial charge in [-0.1, -0.05) is 6.42 Å². The summed E-state index contributed by atoms with van der Waals surface area (Å²) < 4.78 is 0. The van der Waals surface area contributed by atoms with Gasteiger partial charge < -0.3 is 4.79 Å². The minimum absolute atomic E-state index is 0.132.